The first-order valence-corrected chi connectivity index (χ1v) is 9.38. The maximum atomic E-state index is 12.9. The monoisotopic (exact) mass is 374 g/mol. The molecule has 3 aromatic rings. The minimum absolute atomic E-state index is 0.0270. The second-order valence-electron chi connectivity index (χ2n) is 6.87. The molecule has 6 nitrogen and oxygen atoms in total. The fourth-order valence-corrected chi connectivity index (χ4v) is 3.65. The quantitative estimate of drug-likeness (QED) is 0.684. The molecule has 1 aromatic carbocycles. The van der Waals surface area contributed by atoms with Gasteiger partial charge in [0, 0.05) is 36.3 Å². The number of carbonyl (C=O) groups excluding carboxylic acids is 1. The van der Waals surface area contributed by atoms with E-state index in [1.165, 1.54) is 6.33 Å². The zero-order valence-corrected chi connectivity index (χ0v) is 15.8. The number of hydrogen-bond donors (Lipinski definition) is 0. The van der Waals surface area contributed by atoms with E-state index in [-0.39, 0.29) is 11.9 Å². The van der Waals surface area contributed by atoms with Gasteiger partial charge in [0.15, 0.2) is 0 Å². The number of rotatable bonds is 5. The Morgan fingerprint density at radius 2 is 2.00 bits per heavy atom. The van der Waals surface area contributed by atoms with Gasteiger partial charge in [0.2, 0.25) is 5.91 Å². The average Bonchev–Trinajstić information content (AvgIpc) is 3.25. The molecule has 1 amide bonds. The Hall–Kier alpha value is -3.28. The molecular formula is C22H22N4O2. The second-order valence-corrected chi connectivity index (χ2v) is 6.87. The number of hydrogen-bond acceptors (Lipinski definition) is 5. The van der Waals surface area contributed by atoms with Crippen molar-refractivity contribution in [1.29, 1.82) is 0 Å². The minimum Gasteiger partial charge on any atom is -0.497 e. The predicted molar refractivity (Wildman–Crippen MR) is 106 cm³/mol. The molecule has 0 spiro atoms. The molecular weight excluding hydrogens is 352 g/mol. The minimum atomic E-state index is 0.0270. The molecule has 0 aliphatic carbocycles. The SMILES string of the molecule is COc1cccc(CC(=O)N2CCC[C@@H]2c2ccc(-c3cncnc3)cn2)c1. The molecule has 0 unspecified atom stereocenters. The van der Waals surface area contributed by atoms with Crippen molar-refractivity contribution < 1.29 is 9.53 Å². The van der Waals surface area contributed by atoms with Crippen LogP contribution in [0.4, 0.5) is 0 Å². The fourth-order valence-electron chi connectivity index (χ4n) is 3.65. The van der Waals surface area contributed by atoms with Gasteiger partial charge in [-0.25, -0.2) is 9.97 Å². The van der Waals surface area contributed by atoms with E-state index in [0.29, 0.717) is 6.42 Å². The molecule has 142 valence electrons. The molecule has 6 heteroatoms. The Morgan fingerprint density at radius 1 is 1.14 bits per heavy atom. The van der Waals surface area contributed by atoms with Crippen molar-refractivity contribution in [2.45, 2.75) is 25.3 Å². The summed E-state index contributed by atoms with van der Waals surface area (Å²) >= 11 is 0. The van der Waals surface area contributed by atoms with Crippen LogP contribution < -0.4 is 4.74 Å². The molecule has 0 radical (unpaired) electrons. The van der Waals surface area contributed by atoms with E-state index in [1.807, 2.05) is 47.5 Å². The lowest BCUT2D eigenvalue weighted by atomic mass is 10.1. The van der Waals surface area contributed by atoms with Crippen molar-refractivity contribution in [3.63, 3.8) is 0 Å². The lowest BCUT2D eigenvalue weighted by Gasteiger charge is -2.24. The average molecular weight is 374 g/mol. The van der Waals surface area contributed by atoms with Gasteiger partial charge in [-0.2, -0.15) is 0 Å². The Balaban J connectivity index is 1.49. The molecule has 2 aromatic heterocycles. The van der Waals surface area contributed by atoms with Crippen molar-refractivity contribution in [3.8, 4) is 16.9 Å². The maximum absolute atomic E-state index is 12.9. The van der Waals surface area contributed by atoms with Gasteiger partial charge >= 0.3 is 0 Å². The molecule has 0 N–H and O–H groups in total. The number of nitrogens with zero attached hydrogens (tertiary/aromatic N) is 4. The lowest BCUT2D eigenvalue weighted by molar-refractivity contribution is -0.131. The summed E-state index contributed by atoms with van der Waals surface area (Å²) in [5, 5.41) is 0. The first-order valence-electron chi connectivity index (χ1n) is 9.38. The first kappa shape index (κ1) is 18.1. The van der Waals surface area contributed by atoms with Crippen molar-refractivity contribution >= 4 is 5.91 Å². The van der Waals surface area contributed by atoms with Gasteiger partial charge in [0.25, 0.3) is 0 Å². The lowest BCUT2D eigenvalue weighted by Crippen LogP contribution is -2.32. The number of pyridine rings is 1. The summed E-state index contributed by atoms with van der Waals surface area (Å²) in [6.45, 7) is 0.767. The molecule has 4 rings (SSSR count). The highest BCUT2D eigenvalue weighted by Gasteiger charge is 2.30. The molecule has 1 atom stereocenters. The molecule has 1 aliphatic heterocycles. The molecule has 3 heterocycles. The number of aromatic nitrogens is 3. The van der Waals surface area contributed by atoms with E-state index in [0.717, 1.165) is 47.5 Å². The van der Waals surface area contributed by atoms with E-state index < -0.39 is 0 Å². The summed E-state index contributed by atoms with van der Waals surface area (Å²) in [5.74, 6) is 0.892. The van der Waals surface area contributed by atoms with Crippen LogP contribution in [0.25, 0.3) is 11.1 Å². The zero-order valence-electron chi connectivity index (χ0n) is 15.8. The van der Waals surface area contributed by atoms with Crippen LogP contribution in [0.2, 0.25) is 0 Å². The zero-order chi connectivity index (χ0) is 19.3. The Kier molecular flexibility index (Phi) is 5.28. The number of amides is 1. The summed E-state index contributed by atoms with van der Waals surface area (Å²) in [6, 6.07) is 11.7. The molecule has 0 bridgehead atoms. The van der Waals surface area contributed by atoms with Crippen LogP contribution in [0.3, 0.4) is 0 Å². The fraction of sp³-hybridized carbons (Fsp3) is 0.273. The largest absolute Gasteiger partial charge is 0.497 e. The van der Waals surface area contributed by atoms with Gasteiger partial charge in [0.05, 0.1) is 25.3 Å². The van der Waals surface area contributed by atoms with Crippen molar-refractivity contribution in [3.05, 3.63) is 72.6 Å². The van der Waals surface area contributed by atoms with Gasteiger partial charge in [0.1, 0.15) is 12.1 Å². The number of ether oxygens (including phenoxy) is 1. The third-order valence-corrected chi connectivity index (χ3v) is 5.08. The van der Waals surface area contributed by atoms with Gasteiger partial charge in [-0.1, -0.05) is 18.2 Å². The van der Waals surface area contributed by atoms with Gasteiger partial charge in [-0.15, -0.1) is 0 Å². The van der Waals surface area contributed by atoms with Crippen LogP contribution in [0, 0.1) is 0 Å². The molecule has 0 saturated carbocycles. The van der Waals surface area contributed by atoms with Gasteiger partial charge < -0.3 is 9.64 Å². The molecule has 28 heavy (non-hydrogen) atoms. The van der Waals surface area contributed by atoms with E-state index in [4.69, 9.17) is 4.74 Å². The number of carbonyl (C=O) groups is 1. The van der Waals surface area contributed by atoms with Crippen LogP contribution in [0.15, 0.2) is 61.3 Å². The van der Waals surface area contributed by atoms with Crippen LogP contribution >= 0.6 is 0 Å². The second kappa shape index (κ2) is 8.17. The molecule has 1 fully saturated rings. The van der Waals surface area contributed by atoms with Gasteiger partial charge in [-0.3, -0.25) is 9.78 Å². The highest BCUT2D eigenvalue weighted by molar-refractivity contribution is 5.79. The van der Waals surface area contributed by atoms with E-state index in [2.05, 4.69) is 15.0 Å². The van der Waals surface area contributed by atoms with Crippen molar-refractivity contribution in [2.75, 3.05) is 13.7 Å². The summed E-state index contributed by atoms with van der Waals surface area (Å²) in [4.78, 5) is 27.6. The topological polar surface area (TPSA) is 68.2 Å². The van der Waals surface area contributed by atoms with E-state index >= 15 is 0 Å². The number of likely N-dealkylation sites (tertiary alicyclic amines) is 1. The number of benzene rings is 1. The van der Waals surface area contributed by atoms with Crippen LogP contribution in [-0.4, -0.2) is 39.4 Å². The summed E-state index contributed by atoms with van der Waals surface area (Å²) < 4.78 is 5.26. The predicted octanol–water partition coefficient (Wildman–Crippen LogP) is 3.45. The Morgan fingerprint density at radius 3 is 2.75 bits per heavy atom. The van der Waals surface area contributed by atoms with Crippen LogP contribution in [0.1, 0.15) is 30.1 Å². The third kappa shape index (κ3) is 3.86. The van der Waals surface area contributed by atoms with Crippen LogP contribution in [0.5, 0.6) is 5.75 Å². The summed E-state index contributed by atoms with van der Waals surface area (Å²) in [7, 11) is 1.63. The Bertz CT molecular complexity index is 944. The van der Waals surface area contributed by atoms with E-state index in [9.17, 15) is 4.79 Å². The first-order chi connectivity index (χ1) is 13.7. The van der Waals surface area contributed by atoms with Crippen LogP contribution in [-0.2, 0) is 11.2 Å². The Labute approximate surface area is 164 Å². The van der Waals surface area contributed by atoms with E-state index in [1.54, 1.807) is 19.5 Å². The van der Waals surface area contributed by atoms with Crippen molar-refractivity contribution in [1.82, 2.24) is 19.9 Å². The normalized spacial score (nSPS) is 16.2. The number of methoxy groups -OCH3 is 1. The standard InChI is InChI=1S/C22H22N4O2/c1-28-19-5-2-4-16(10-19)11-22(27)26-9-3-6-21(26)20-8-7-17(14-25-20)18-12-23-15-24-13-18/h2,4-5,7-8,10,12-15,21H,3,6,9,11H2,1H3/t21-/m1/s1. The highest BCUT2D eigenvalue weighted by Crippen LogP contribution is 2.32. The molecule has 1 saturated heterocycles. The third-order valence-electron chi connectivity index (χ3n) is 5.08. The highest BCUT2D eigenvalue weighted by atomic mass is 16.5. The molecule has 1 aliphatic rings. The summed E-state index contributed by atoms with van der Waals surface area (Å²) in [5.41, 5.74) is 3.79. The smallest absolute Gasteiger partial charge is 0.227 e. The van der Waals surface area contributed by atoms with Crippen molar-refractivity contribution in [2.24, 2.45) is 0 Å². The van der Waals surface area contributed by atoms with Gasteiger partial charge in [-0.05, 0) is 36.6 Å². The maximum Gasteiger partial charge on any atom is 0.227 e. The summed E-state index contributed by atoms with van der Waals surface area (Å²) in [6.07, 6.45) is 9.17.